The van der Waals surface area contributed by atoms with Gasteiger partial charge in [-0.1, -0.05) is 24.4 Å². The number of nitrogens with zero attached hydrogens (tertiary/aromatic N) is 4. The van der Waals surface area contributed by atoms with E-state index in [0.717, 1.165) is 25.7 Å². The van der Waals surface area contributed by atoms with E-state index in [2.05, 4.69) is 15.0 Å². The van der Waals surface area contributed by atoms with Crippen LogP contribution >= 0.6 is 11.6 Å². The molecule has 0 bridgehead atoms. The number of nitrogens with two attached hydrogens (primary N) is 1. The lowest BCUT2D eigenvalue weighted by Gasteiger charge is -2.28. The third-order valence-corrected chi connectivity index (χ3v) is 3.71. The molecule has 0 unspecified atom stereocenters. The van der Waals surface area contributed by atoms with Gasteiger partial charge in [-0.2, -0.15) is 9.97 Å². The number of hydrogen-bond donors (Lipinski definition) is 2. The molecule has 7 heteroatoms. The van der Waals surface area contributed by atoms with Crippen molar-refractivity contribution in [3.8, 4) is 0 Å². The highest BCUT2D eigenvalue weighted by Gasteiger charge is 2.26. The van der Waals surface area contributed by atoms with E-state index < -0.39 is 0 Å². The van der Waals surface area contributed by atoms with Crippen LogP contribution in [-0.4, -0.2) is 30.7 Å². The second-order valence-corrected chi connectivity index (χ2v) is 4.97. The van der Waals surface area contributed by atoms with Crippen molar-refractivity contribution in [3.05, 3.63) is 11.5 Å². The second-order valence-electron chi connectivity index (χ2n) is 4.62. The van der Waals surface area contributed by atoms with E-state index in [0.29, 0.717) is 11.2 Å². The molecular formula is C11H14ClN5O. The summed E-state index contributed by atoms with van der Waals surface area (Å²) in [6.07, 6.45) is 5.15. The first-order valence-corrected chi connectivity index (χ1v) is 6.38. The highest BCUT2D eigenvalue weighted by molar-refractivity contribution is 6.33. The fourth-order valence-electron chi connectivity index (χ4n) is 2.56. The van der Waals surface area contributed by atoms with Crippen LogP contribution in [0.2, 0.25) is 5.15 Å². The summed E-state index contributed by atoms with van der Waals surface area (Å²) in [4.78, 5) is 12.3. The average molecular weight is 268 g/mol. The van der Waals surface area contributed by atoms with Crippen LogP contribution in [0.15, 0.2) is 6.33 Å². The van der Waals surface area contributed by atoms with Gasteiger partial charge in [0.05, 0.1) is 18.5 Å². The van der Waals surface area contributed by atoms with Crippen molar-refractivity contribution < 1.29 is 5.11 Å². The Morgan fingerprint density at radius 1 is 1.33 bits per heavy atom. The standard InChI is InChI=1S/C11H14ClN5O/c12-9-8-10(16-11(13)15-9)17(5-14-8)6-3-1-2-4-7(6)18/h5-7,18H,1-4H2,(H2,13,15,16)/t6-,7-/m1/s1. The zero-order chi connectivity index (χ0) is 12.7. The van der Waals surface area contributed by atoms with Gasteiger partial charge in [0, 0.05) is 0 Å². The Balaban J connectivity index is 2.11. The largest absolute Gasteiger partial charge is 0.391 e. The molecule has 0 spiro atoms. The number of imidazole rings is 1. The van der Waals surface area contributed by atoms with Crippen molar-refractivity contribution in [2.24, 2.45) is 0 Å². The molecule has 0 aromatic carbocycles. The number of hydrogen-bond acceptors (Lipinski definition) is 5. The molecule has 18 heavy (non-hydrogen) atoms. The third kappa shape index (κ3) is 1.81. The van der Waals surface area contributed by atoms with Gasteiger partial charge in [-0.25, -0.2) is 4.98 Å². The number of aliphatic hydroxyl groups excluding tert-OH is 1. The van der Waals surface area contributed by atoms with E-state index in [-0.39, 0.29) is 23.2 Å². The quantitative estimate of drug-likeness (QED) is 0.765. The molecular weight excluding hydrogens is 254 g/mol. The molecule has 0 radical (unpaired) electrons. The van der Waals surface area contributed by atoms with E-state index in [4.69, 9.17) is 17.3 Å². The molecule has 1 aliphatic rings. The Hall–Kier alpha value is -1.40. The summed E-state index contributed by atoms with van der Waals surface area (Å²) in [7, 11) is 0. The van der Waals surface area contributed by atoms with Crippen LogP contribution in [0.3, 0.4) is 0 Å². The zero-order valence-electron chi connectivity index (χ0n) is 9.75. The highest BCUT2D eigenvalue weighted by Crippen LogP contribution is 2.31. The molecule has 0 aliphatic heterocycles. The fraction of sp³-hybridized carbons (Fsp3) is 0.545. The van der Waals surface area contributed by atoms with Gasteiger partial charge < -0.3 is 15.4 Å². The smallest absolute Gasteiger partial charge is 0.223 e. The number of fused-ring (bicyclic) bond motifs is 1. The van der Waals surface area contributed by atoms with Crippen molar-refractivity contribution in [3.63, 3.8) is 0 Å². The molecule has 0 saturated heterocycles. The molecule has 0 amide bonds. The number of aromatic nitrogens is 4. The molecule has 1 saturated carbocycles. The molecule has 6 nitrogen and oxygen atoms in total. The van der Waals surface area contributed by atoms with Crippen molar-refractivity contribution in [2.45, 2.75) is 37.8 Å². The number of nitrogen functional groups attached to an aromatic ring is 1. The summed E-state index contributed by atoms with van der Waals surface area (Å²) >= 11 is 5.98. The molecule has 3 rings (SSSR count). The Labute approximate surface area is 109 Å². The molecule has 2 atom stereocenters. The predicted octanol–water partition coefficient (Wildman–Crippen LogP) is 1.54. The summed E-state index contributed by atoms with van der Waals surface area (Å²) in [5, 5.41) is 10.3. The molecule has 1 aliphatic carbocycles. The van der Waals surface area contributed by atoms with Gasteiger partial charge in [0.1, 0.15) is 5.52 Å². The summed E-state index contributed by atoms with van der Waals surface area (Å²) in [6, 6.07) is -0.00545. The van der Waals surface area contributed by atoms with Gasteiger partial charge in [0.2, 0.25) is 5.95 Å². The minimum absolute atomic E-state index is 0.00545. The van der Waals surface area contributed by atoms with E-state index in [9.17, 15) is 5.11 Å². The van der Waals surface area contributed by atoms with Gasteiger partial charge >= 0.3 is 0 Å². The van der Waals surface area contributed by atoms with Crippen LogP contribution in [0, 0.1) is 0 Å². The second kappa shape index (κ2) is 4.37. The van der Waals surface area contributed by atoms with Crippen molar-refractivity contribution in [2.75, 3.05) is 5.73 Å². The topological polar surface area (TPSA) is 89.8 Å². The SMILES string of the molecule is Nc1nc(Cl)c2ncn([C@@H]3CCCC[C@H]3O)c2n1. The number of anilines is 1. The van der Waals surface area contributed by atoms with Crippen molar-refractivity contribution in [1.82, 2.24) is 19.5 Å². The predicted molar refractivity (Wildman–Crippen MR) is 68.3 cm³/mol. The van der Waals surface area contributed by atoms with Crippen molar-refractivity contribution >= 4 is 28.7 Å². The van der Waals surface area contributed by atoms with Crippen LogP contribution in [0.4, 0.5) is 5.95 Å². The lowest BCUT2D eigenvalue weighted by Crippen LogP contribution is -2.27. The van der Waals surface area contributed by atoms with E-state index >= 15 is 0 Å². The van der Waals surface area contributed by atoms with Gasteiger partial charge in [-0.3, -0.25) is 0 Å². The maximum Gasteiger partial charge on any atom is 0.223 e. The first-order valence-electron chi connectivity index (χ1n) is 6.00. The zero-order valence-corrected chi connectivity index (χ0v) is 10.5. The lowest BCUT2D eigenvalue weighted by atomic mass is 9.92. The minimum atomic E-state index is -0.369. The average Bonchev–Trinajstić information content (AvgIpc) is 2.73. The molecule has 3 N–H and O–H groups in total. The van der Waals surface area contributed by atoms with E-state index in [1.807, 2.05) is 4.57 Å². The van der Waals surface area contributed by atoms with Crippen molar-refractivity contribution in [1.29, 1.82) is 0 Å². The highest BCUT2D eigenvalue weighted by atomic mass is 35.5. The van der Waals surface area contributed by atoms with Crippen LogP contribution in [-0.2, 0) is 0 Å². The molecule has 2 aromatic heterocycles. The summed E-state index contributed by atoms with van der Waals surface area (Å²) in [6.45, 7) is 0. The monoisotopic (exact) mass is 267 g/mol. The van der Waals surface area contributed by atoms with Gasteiger partial charge in [-0.15, -0.1) is 0 Å². The van der Waals surface area contributed by atoms with Crippen LogP contribution in [0.25, 0.3) is 11.2 Å². The first kappa shape index (κ1) is 11.7. The van der Waals surface area contributed by atoms with Crippen LogP contribution in [0.1, 0.15) is 31.7 Å². The molecule has 96 valence electrons. The third-order valence-electron chi connectivity index (χ3n) is 3.45. The Bertz CT molecular complexity index is 584. The van der Waals surface area contributed by atoms with Crippen LogP contribution < -0.4 is 5.73 Å². The van der Waals surface area contributed by atoms with Gasteiger partial charge in [-0.05, 0) is 12.8 Å². The number of aliphatic hydroxyl groups is 1. The first-order chi connectivity index (χ1) is 8.66. The normalized spacial score (nSPS) is 24.6. The summed E-state index contributed by atoms with van der Waals surface area (Å²) < 4.78 is 1.86. The lowest BCUT2D eigenvalue weighted by molar-refractivity contribution is 0.0770. The minimum Gasteiger partial charge on any atom is -0.391 e. The maximum absolute atomic E-state index is 10.1. The summed E-state index contributed by atoms with van der Waals surface area (Å²) in [5.41, 5.74) is 6.73. The molecule has 1 fully saturated rings. The maximum atomic E-state index is 10.1. The van der Waals surface area contributed by atoms with E-state index in [1.54, 1.807) is 6.33 Å². The Morgan fingerprint density at radius 3 is 2.89 bits per heavy atom. The van der Waals surface area contributed by atoms with Gasteiger partial charge in [0.15, 0.2) is 10.8 Å². The van der Waals surface area contributed by atoms with E-state index in [1.165, 1.54) is 0 Å². The Morgan fingerprint density at radius 2 is 2.11 bits per heavy atom. The van der Waals surface area contributed by atoms with Crippen LogP contribution in [0.5, 0.6) is 0 Å². The molecule has 2 aromatic rings. The Kier molecular flexibility index (Phi) is 2.83. The summed E-state index contributed by atoms with van der Waals surface area (Å²) in [5.74, 6) is 0.125. The number of rotatable bonds is 1. The fourth-order valence-corrected chi connectivity index (χ4v) is 2.78. The molecule has 2 heterocycles. The number of halogens is 1. The van der Waals surface area contributed by atoms with Gasteiger partial charge in [0.25, 0.3) is 0 Å².